The lowest BCUT2D eigenvalue weighted by atomic mass is 9.72. The van der Waals surface area contributed by atoms with E-state index in [2.05, 4.69) is 39.8 Å². The van der Waals surface area contributed by atoms with Crippen LogP contribution in [0.25, 0.3) is 0 Å². The number of rotatable bonds is 4. The second-order valence-electron chi connectivity index (χ2n) is 4.71. The Kier molecular flexibility index (Phi) is 4.15. The van der Waals surface area contributed by atoms with Gasteiger partial charge in [0.15, 0.2) is 0 Å². The lowest BCUT2D eigenvalue weighted by Gasteiger charge is -2.39. The summed E-state index contributed by atoms with van der Waals surface area (Å²) in [4.78, 5) is 0. The molecule has 0 amide bonds. The summed E-state index contributed by atoms with van der Waals surface area (Å²) < 4.78 is 0. The molecule has 0 spiro atoms. The molecule has 1 N–H and O–H groups in total. The Labute approximate surface area is 93.9 Å². The fourth-order valence-electron chi connectivity index (χ4n) is 2.38. The van der Waals surface area contributed by atoms with E-state index < -0.39 is 5.60 Å². The molecule has 0 aromatic heterocycles. The van der Waals surface area contributed by atoms with Crippen molar-refractivity contribution in [2.75, 3.05) is 0 Å². The molecule has 1 heteroatoms. The molecule has 0 radical (unpaired) electrons. The molecule has 0 heterocycles. The summed E-state index contributed by atoms with van der Waals surface area (Å²) in [6.45, 7) is 8.51. The molecule has 0 fully saturated rings. The largest absolute Gasteiger partial charge is 0.385 e. The molecule has 2 unspecified atom stereocenters. The first kappa shape index (κ1) is 12.5. The maximum absolute atomic E-state index is 10.7. The molecule has 0 bridgehead atoms. The summed E-state index contributed by atoms with van der Waals surface area (Å²) in [5, 5.41) is 10.7. The first-order valence-electron chi connectivity index (χ1n) is 6.16. The molecule has 0 aromatic carbocycles. The summed E-state index contributed by atoms with van der Waals surface area (Å²) in [6, 6.07) is 0. The van der Waals surface area contributed by atoms with Crippen molar-refractivity contribution in [1.29, 1.82) is 0 Å². The predicted octanol–water partition coefficient (Wildman–Crippen LogP) is 3.84. The molecule has 1 aliphatic rings. The van der Waals surface area contributed by atoms with Crippen LogP contribution in [0.3, 0.4) is 0 Å². The third kappa shape index (κ3) is 2.34. The Morgan fingerprint density at radius 2 is 2.00 bits per heavy atom. The molecule has 0 saturated heterocycles. The average Bonchev–Trinajstić information content (AvgIpc) is 2.25. The molecule has 0 aliphatic heterocycles. The number of allylic oxidation sites excluding steroid dienone is 2. The van der Waals surface area contributed by atoms with Gasteiger partial charge in [-0.3, -0.25) is 0 Å². The highest BCUT2D eigenvalue weighted by Gasteiger charge is 2.37. The monoisotopic (exact) mass is 208 g/mol. The van der Waals surface area contributed by atoms with Crippen LogP contribution in [-0.2, 0) is 0 Å². The Hall–Kier alpha value is -0.560. The van der Waals surface area contributed by atoms with Gasteiger partial charge in [0, 0.05) is 5.92 Å². The molecule has 15 heavy (non-hydrogen) atoms. The highest BCUT2D eigenvalue weighted by Crippen LogP contribution is 2.39. The molecule has 1 nitrogen and oxygen atoms in total. The van der Waals surface area contributed by atoms with E-state index in [1.165, 1.54) is 24.0 Å². The molecule has 0 saturated carbocycles. The minimum Gasteiger partial charge on any atom is -0.385 e. The maximum Gasteiger partial charge on any atom is 0.0919 e. The van der Waals surface area contributed by atoms with Crippen molar-refractivity contribution in [2.24, 2.45) is 5.92 Å². The number of unbranched alkanes of at least 4 members (excludes halogenated alkanes) is 1. The standard InChI is InChI=1S/C14H24O/c1-5-7-8-13-10-9-11(3)12(4)14(13,15)6-2/h9-10,12,15H,5-8H2,1-4H3. The van der Waals surface area contributed by atoms with Crippen molar-refractivity contribution in [1.82, 2.24) is 0 Å². The molecule has 1 aliphatic carbocycles. The van der Waals surface area contributed by atoms with Gasteiger partial charge in [-0.15, -0.1) is 0 Å². The van der Waals surface area contributed by atoms with Gasteiger partial charge in [0.05, 0.1) is 5.60 Å². The van der Waals surface area contributed by atoms with E-state index in [-0.39, 0.29) is 5.92 Å². The smallest absolute Gasteiger partial charge is 0.0919 e. The van der Waals surface area contributed by atoms with Crippen LogP contribution < -0.4 is 0 Å². The van der Waals surface area contributed by atoms with Gasteiger partial charge >= 0.3 is 0 Å². The second-order valence-corrected chi connectivity index (χ2v) is 4.71. The zero-order valence-electron chi connectivity index (χ0n) is 10.5. The molecule has 1 rings (SSSR count). The molecular weight excluding hydrogens is 184 g/mol. The summed E-state index contributed by atoms with van der Waals surface area (Å²) in [6.07, 6.45) is 8.51. The molecule has 86 valence electrons. The third-order valence-corrected chi connectivity index (χ3v) is 3.84. The van der Waals surface area contributed by atoms with Gasteiger partial charge in [-0.1, -0.05) is 44.9 Å². The summed E-state index contributed by atoms with van der Waals surface area (Å²) in [5.41, 5.74) is 1.93. The van der Waals surface area contributed by atoms with Gasteiger partial charge < -0.3 is 5.11 Å². The van der Waals surface area contributed by atoms with Gasteiger partial charge in [0.1, 0.15) is 0 Å². The van der Waals surface area contributed by atoms with Crippen LogP contribution in [0, 0.1) is 5.92 Å². The maximum atomic E-state index is 10.7. The summed E-state index contributed by atoms with van der Waals surface area (Å²) in [7, 11) is 0. The second kappa shape index (κ2) is 4.98. The SMILES string of the molecule is CCCCC1=CC=C(C)C(C)C1(O)CC. The van der Waals surface area contributed by atoms with Crippen LogP contribution >= 0.6 is 0 Å². The van der Waals surface area contributed by atoms with Crippen molar-refractivity contribution >= 4 is 0 Å². The highest BCUT2D eigenvalue weighted by atomic mass is 16.3. The zero-order chi connectivity index (χ0) is 11.5. The van der Waals surface area contributed by atoms with E-state index in [0.29, 0.717) is 0 Å². The van der Waals surface area contributed by atoms with Crippen molar-refractivity contribution < 1.29 is 5.11 Å². The molecular formula is C14H24O. The van der Waals surface area contributed by atoms with Crippen molar-refractivity contribution in [3.05, 3.63) is 23.3 Å². The number of hydrogen-bond donors (Lipinski definition) is 1. The van der Waals surface area contributed by atoms with E-state index in [0.717, 1.165) is 12.8 Å². The van der Waals surface area contributed by atoms with Crippen molar-refractivity contribution in [2.45, 2.75) is 59.0 Å². The summed E-state index contributed by atoms with van der Waals surface area (Å²) >= 11 is 0. The van der Waals surface area contributed by atoms with E-state index in [1.54, 1.807) is 0 Å². The first-order chi connectivity index (χ1) is 7.06. The third-order valence-electron chi connectivity index (χ3n) is 3.84. The minimum atomic E-state index is -0.589. The summed E-state index contributed by atoms with van der Waals surface area (Å²) in [5.74, 6) is 0.263. The molecule has 0 aromatic rings. The van der Waals surface area contributed by atoms with E-state index in [1.807, 2.05) is 0 Å². The van der Waals surface area contributed by atoms with Crippen LogP contribution in [0.1, 0.15) is 53.4 Å². The number of aliphatic hydroxyl groups is 1. The van der Waals surface area contributed by atoms with Gasteiger partial charge in [-0.25, -0.2) is 0 Å². The van der Waals surface area contributed by atoms with Crippen LogP contribution in [-0.4, -0.2) is 10.7 Å². The van der Waals surface area contributed by atoms with Crippen molar-refractivity contribution in [3.63, 3.8) is 0 Å². The first-order valence-corrected chi connectivity index (χ1v) is 6.16. The lowest BCUT2D eigenvalue weighted by Crippen LogP contribution is -2.40. The quantitative estimate of drug-likeness (QED) is 0.744. The van der Waals surface area contributed by atoms with Gasteiger partial charge in [-0.05, 0) is 31.8 Å². The highest BCUT2D eigenvalue weighted by molar-refractivity contribution is 5.34. The normalized spacial score (nSPS) is 31.1. The Morgan fingerprint density at radius 3 is 2.53 bits per heavy atom. The van der Waals surface area contributed by atoms with E-state index in [9.17, 15) is 5.11 Å². The molecule has 2 atom stereocenters. The predicted molar refractivity (Wildman–Crippen MR) is 65.8 cm³/mol. The minimum absolute atomic E-state index is 0.263. The Bertz CT molecular complexity index is 275. The lowest BCUT2D eigenvalue weighted by molar-refractivity contribution is 0.0290. The van der Waals surface area contributed by atoms with Crippen LogP contribution in [0.4, 0.5) is 0 Å². The fraction of sp³-hybridized carbons (Fsp3) is 0.714. The fourth-order valence-corrected chi connectivity index (χ4v) is 2.38. The van der Waals surface area contributed by atoms with Gasteiger partial charge in [0.25, 0.3) is 0 Å². The van der Waals surface area contributed by atoms with Crippen LogP contribution in [0.5, 0.6) is 0 Å². The zero-order valence-corrected chi connectivity index (χ0v) is 10.5. The number of hydrogen-bond acceptors (Lipinski definition) is 1. The van der Waals surface area contributed by atoms with Crippen LogP contribution in [0.15, 0.2) is 23.3 Å². The Morgan fingerprint density at radius 1 is 1.33 bits per heavy atom. The van der Waals surface area contributed by atoms with Gasteiger partial charge in [-0.2, -0.15) is 0 Å². The van der Waals surface area contributed by atoms with Crippen molar-refractivity contribution in [3.8, 4) is 0 Å². The van der Waals surface area contributed by atoms with E-state index in [4.69, 9.17) is 0 Å². The Balaban J connectivity index is 2.90. The average molecular weight is 208 g/mol. The van der Waals surface area contributed by atoms with E-state index >= 15 is 0 Å². The topological polar surface area (TPSA) is 20.2 Å². The van der Waals surface area contributed by atoms with Crippen LogP contribution in [0.2, 0.25) is 0 Å². The van der Waals surface area contributed by atoms with Gasteiger partial charge in [0.2, 0.25) is 0 Å².